The van der Waals surface area contributed by atoms with E-state index < -0.39 is 21.7 Å². The van der Waals surface area contributed by atoms with E-state index in [9.17, 15) is 13.2 Å². The van der Waals surface area contributed by atoms with Crippen molar-refractivity contribution in [3.63, 3.8) is 0 Å². The Balaban J connectivity index is 2.21. The summed E-state index contributed by atoms with van der Waals surface area (Å²) in [6.07, 6.45) is 0.364. The zero-order valence-electron chi connectivity index (χ0n) is 20.7. The summed E-state index contributed by atoms with van der Waals surface area (Å²) < 4.78 is 35.6. The molecule has 182 valence electrons. The molecule has 34 heavy (non-hydrogen) atoms. The molecule has 0 N–H and O–H groups in total. The first-order valence-corrected chi connectivity index (χ1v) is 13.5. The van der Waals surface area contributed by atoms with Crippen LogP contribution in [0.15, 0.2) is 30.3 Å². The number of rotatable bonds is 5. The molecule has 0 aliphatic carbocycles. The number of carbonyl (C=O) groups is 1. The van der Waals surface area contributed by atoms with Crippen molar-refractivity contribution >= 4 is 44.0 Å². The molecule has 0 saturated heterocycles. The molecule has 4 rings (SSSR count). The molecule has 2 aromatic carbocycles. The van der Waals surface area contributed by atoms with Crippen molar-refractivity contribution in [3.8, 4) is 11.1 Å². The SMILES string of the molecule is CC(=O)[C@@H](OC(C)(C)C)c1c(C)c2c3c(cc(C)n3CCN2S(C)(=O)=O)c1-c1ccc(Cl)cc1. The molecule has 1 aromatic heterocycles. The standard InChI is InChI=1S/C26H31ClN2O4S/c1-15-14-20-22(18-8-10-19(27)11-9-18)21(25(17(3)30)33-26(4,5)6)16(2)23-24(20)28(15)12-13-29(23)34(7,31)32/h8-11,14,25H,12-13H2,1-7H3/t25-/m1/s1. The van der Waals surface area contributed by atoms with Crippen LogP contribution in [0.3, 0.4) is 0 Å². The lowest BCUT2D eigenvalue weighted by atomic mass is 9.86. The van der Waals surface area contributed by atoms with Crippen LogP contribution in [0.1, 0.15) is 50.6 Å². The van der Waals surface area contributed by atoms with E-state index in [1.54, 1.807) is 0 Å². The maximum absolute atomic E-state index is 13.0. The third-order valence-electron chi connectivity index (χ3n) is 6.24. The lowest BCUT2D eigenvalue weighted by molar-refractivity contribution is -0.138. The molecule has 0 unspecified atom stereocenters. The number of hydrogen-bond acceptors (Lipinski definition) is 4. The predicted octanol–water partition coefficient (Wildman–Crippen LogP) is 5.80. The van der Waals surface area contributed by atoms with Gasteiger partial charge in [-0.2, -0.15) is 0 Å². The molecule has 1 aliphatic rings. The van der Waals surface area contributed by atoms with Crippen molar-refractivity contribution in [1.29, 1.82) is 0 Å². The molecule has 6 nitrogen and oxygen atoms in total. The van der Waals surface area contributed by atoms with Gasteiger partial charge in [0.1, 0.15) is 6.10 Å². The lowest BCUT2D eigenvalue weighted by Gasteiger charge is -2.35. The van der Waals surface area contributed by atoms with E-state index in [0.29, 0.717) is 29.4 Å². The number of ether oxygens (including phenoxy) is 1. The van der Waals surface area contributed by atoms with Crippen LogP contribution in [0.4, 0.5) is 5.69 Å². The van der Waals surface area contributed by atoms with Crippen molar-refractivity contribution in [3.05, 3.63) is 52.2 Å². The van der Waals surface area contributed by atoms with E-state index in [1.807, 2.05) is 58.9 Å². The molecule has 0 amide bonds. The number of nitrogens with zero attached hydrogens (tertiary/aromatic N) is 2. The molecule has 3 aromatic rings. The van der Waals surface area contributed by atoms with Crippen molar-refractivity contribution in [2.24, 2.45) is 0 Å². The first kappa shape index (κ1) is 24.8. The number of hydrogen-bond donors (Lipinski definition) is 0. The molecule has 0 radical (unpaired) electrons. The minimum Gasteiger partial charge on any atom is -0.360 e. The van der Waals surface area contributed by atoms with Crippen LogP contribution in [-0.2, 0) is 26.1 Å². The van der Waals surface area contributed by atoms with Gasteiger partial charge in [0.15, 0.2) is 5.78 Å². The molecular formula is C26H31ClN2O4S. The number of sulfonamides is 1. The molecule has 2 heterocycles. The Kier molecular flexibility index (Phi) is 6.12. The van der Waals surface area contributed by atoms with Gasteiger partial charge in [0.2, 0.25) is 10.0 Å². The third-order valence-corrected chi connectivity index (χ3v) is 7.66. The molecular weight excluding hydrogens is 472 g/mol. The van der Waals surface area contributed by atoms with Gasteiger partial charge in [-0.3, -0.25) is 9.10 Å². The third kappa shape index (κ3) is 4.25. The Labute approximate surface area is 206 Å². The molecule has 0 spiro atoms. The second-order valence-corrected chi connectivity index (χ2v) is 12.4. The largest absolute Gasteiger partial charge is 0.360 e. The summed E-state index contributed by atoms with van der Waals surface area (Å²) in [6, 6.07) is 9.58. The number of aromatic nitrogens is 1. The van der Waals surface area contributed by atoms with Crippen LogP contribution in [-0.4, -0.2) is 37.2 Å². The molecule has 0 bridgehead atoms. The van der Waals surface area contributed by atoms with Crippen molar-refractivity contribution in [2.75, 3.05) is 17.1 Å². The van der Waals surface area contributed by atoms with Crippen molar-refractivity contribution in [2.45, 2.75) is 59.8 Å². The Morgan fingerprint density at radius 2 is 1.74 bits per heavy atom. The topological polar surface area (TPSA) is 68.6 Å². The van der Waals surface area contributed by atoms with Crippen LogP contribution < -0.4 is 4.31 Å². The highest BCUT2D eigenvalue weighted by Crippen LogP contribution is 2.48. The summed E-state index contributed by atoms with van der Waals surface area (Å²) in [5, 5.41) is 1.51. The average molecular weight is 503 g/mol. The van der Waals surface area contributed by atoms with Gasteiger partial charge >= 0.3 is 0 Å². The summed E-state index contributed by atoms with van der Waals surface area (Å²) in [4.78, 5) is 13.0. The first-order chi connectivity index (χ1) is 15.7. The van der Waals surface area contributed by atoms with E-state index in [0.717, 1.165) is 33.3 Å². The monoisotopic (exact) mass is 502 g/mol. The maximum atomic E-state index is 13.0. The normalized spacial score (nSPS) is 15.1. The van der Waals surface area contributed by atoms with E-state index in [2.05, 4.69) is 10.6 Å². The molecule has 1 atom stereocenters. The van der Waals surface area contributed by atoms with Gasteiger partial charge < -0.3 is 9.30 Å². The predicted molar refractivity (Wildman–Crippen MR) is 138 cm³/mol. The van der Waals surface area contributed by atoms with Gasteiger partial charge in [-0.15, -0.1) is 0 Å². The average Bonchev–Trinajstić information content (AvgIpc) is 3.05. The van der Waals surface area contributed by atoms with Crippen LogP contribution in [0, 0.1) is 13.8 Å². The molecule has 0 fully saturated rings. The summed E-state index contributed by atoms with van der Waals surface area (Å²) in [6.45, 7) is 12.0. The van der Waals surface area contributed by atoms with Gasteiger partial charge in [0, 0.05) is 28.2 Å². The zero-order chi connectivity index (χ0) is 25.2. The highest BCUT2D eigenvalue weighted by Gasteiger charge is 2.36. The zero-order valence-corrected chi connectivity index (χ0v) is 22.3. The highest BCUT2D eigenvalue weighted by atomic mass is 35.5. The second kappa shape index (κ2) is 8.40. The van der Waals surface area contributed by atoms with Crippen LogP contribution >= 0.6 is 11.6 Å². The van der Waals surface area contributed by atoms with Gasteiger partial charge in [-0.1, -0.05) is 23.7 Å². The fourth-order valence-electron chi connectivity index (χ4n) is 4.94. The van der Waals surface area contributed by atoms with Gasteiger partial charge in [-0.25, -0.2) is 8.42 Å². The van der Waals surface area contributed by atoms with E-state index >= 15 is 0 Å². The minimum atomic E-state index is -3.53. The summed E-state index contributed by atoms with van der Waals surface area (Å²) in [5.74, 6) is -0.141. The Morgan fingerprint density at radius 3 is 2.26 bits per heavy atom. The van der Waals surface area contributed by atoms with E-state index in [1.165, 1.54) is 17.5 Å². The summed E-state index contributed by atoms with van der Waals surface area (Å²) >= 11 is 6.19. The Morgan fingerprint density at radius 1 is 1.12 bits per heavy atom. The first-order valence-electron chi connectivity index (χ1n) is 11.3. The number of ketones is 1. The van der Waals surface area contributed by atoms with Crippen LogP contribution in [0.5, 0.6) is 0 Å². The fraction of sp³-hybridized carbons (Fsp3) is 0.423. The highest BCUT2D eigenvalue weighted by molar-refractivity contribution is 7.92. The number of Topliss-reactive ketones (excluding diaryl/α,β-unsaturated/α-hetero) is 1. The minimum absolute atomic E-state index is 0.141. The number of halogens is 1. The fourth-order valence-corrected chi connectivity index (χ4v) is 6.04. The molecule has 1 aliphatic heterocycles. The van der Waals surface area contributed by atoms with Crippen molar-refractivity contribution < 1.29 is 17.9 Å². The smallest absolute Gasteiger partial charge is 0.232 e. The number of aryl methyl sites for hydroxylation is 1. The number of anilines is 1. The van der Waals surface area contributed by atoms with Crippen molar-refractivity contribution in [1.82, 2.24) is 4.57 Å². The van der Waals surface area contributed by atoms with Crippen LogP contribution in [0.25, 0.3) is 22.0 Å². The van der Waals surface area contributed by atoms with E-state index in [-0.39, 0.29) is 5.78 Å². The number of benzene rings is 2. The molecule has 8 heteroatoms. The Bertz CT molecular complexity index is 1400. The van der Waals surface area contributed by atoms with E-state index in [4.69, 9.17) is 16.3 Å². The summed E-state index contributed by atoms with van der Waals surface area (Å²) in [5.41, 5.74) is 5.11. The van der Waals surface area contributed by atoms with Gasteiger partial charge in [0.25, 0.3) is 0 Å². The quantitative estimate of drug-likeness (QED) is 0.442. The molecule has 0 saturated carbocycles. The Hall–Kier alpha value is -2.35. The maximum Gasteiger partial charge on any atom is 0.232 e. The number of carbonyl (C=O) groups excluding carboxylic acids is 1. The second-order valence-electron chi connectivity index (χ2n) is 10.0. The summed E-state index contributed by atoms with van der Waals surface area (Å²) in [7, 11) is -3.53. The lowest BCUT2D eigenvalue weighted by Crippen LogP contribution is -2.37. The van der Waals surface area contributed by atoms with Gasteiger partial charge in [0.05, 0.1) is 29.6 Å². The van der Waals surface area contributed by atoms with Gasteiger partial charge in [-0.05, 0) is 76.4 Å². The van der Waals surface area contributed by atoms with Crippen LogP contribution in [0.2, 0.25) is 5.02 Å².